The number of carbonyl (C=O) groups excluding carboxylic acids is 1. The van der Waals surface area contributed by atoms with Crippen molar-refractivity contribution in [3.8, 4) is 0 Å². The molecule has 0 aliphatic heterocycles. The van der Waals surface area contributed by atoms with Crippen molar-refractivity contribution >= 4 is 23.4 Å². The number of hydrogen-bond donors (Lipinski definition) is 2. The molecule has 1 rings (SSSR count). The predicted octanol–water partition coefficient (Wildman–Crippen LogP) is 1.72. The quantitative estimate of drug-likeness (QED) is 0.758. The molecule has 0 saturated heterocycles. The van der Waals surface area contributed by atoms with Crippen molar-refractivity contribution < 1.29 is 14.7 Å². The van der Waals surface area contributed by atoms with Crippen LogP contribution >= 0.6 is 11.5 Å². The smallest absolute Gasteiger partial charge is 0.303 e. The maximum Gasteiger partial charge on any atom is 0.303 e. The average molecular weight is 285 g/mol. The number of carboxylic acids is 1. The zero-order chi connectivity index (χ0) is 14.3. The molecule has 7 heteroatoms. The van der Waals surface area contributed by atoms with Gasteiger partial charge in [0.25, 0.3) is 5.91 Å². The molecule has 0 aliphatic carbocycles. The Kier molecular flexibility index (Phi) is 6.41. The largest absolute Gasteiger partial charge is 0.481 e. The first-order valence-corrected chi connectivity index (χ1v) is 7.13. The molecular weight excluding hydrogens is 266 g/mol. The molecular formula is C12H19N3O3S. The second kappa shape index (κ2) is 7.83. The Morgan fingerprint density at radius 2 is 2.21 bits per heavy atom. The van der Waals surface area contributed by atoms with Crippen molar-refractivity contribution in [1.82, 2.24) is 14.9 Å². The van der Waals surface area contributed by atoms with E-state index in [-0.39, 0.29) is 18.2 Å². The molecule has 1 heterocycles. The van der Waals surface area contributed by atoms with Crippen molar-refractivity contribution in [1.29, 1.82) is 0 Å². The molecule has 0 bridgehead atoms. The number of aliphatic carboxylic acids is 1. The van der Waals surface area contributed by atoms with Crippen LogP contribution in [0.3, 0.4) is 0 Å². The highest BCUT2D eigenvalue weighted by Gasteiger charge is 2.16. The highest BCUT2D eigenvalue weighted by molar-refractivity contribution is 7.08. The Labute approximate surface area is 116 Å². The van der Waals surface area contributed by atoms with Gasteiger partial charge in [-0.3, -0.25) is 9.59 Å². The summed E-state index contributed by atoms with van der Waals surface area (Å²) in [6.07, 6.45) is 2.34. The van der Waals surface area contributed by atoms with E-state index in [2.05, 4.69) is 14.9 Å². The third kappa shape index (κ3) is 5.34. The fourth-order valence-corrected chi connectivity index (χ4v) is 2.22. The monoisotopic (exact) mass is 285 g/mol. The third-order valence-corrected chi connectivity index (χ3v) is 3.48. The molecule has 1 aromatic rings. The topological polar surface area (TPSA) is 92.2 Å². The molecule has 2 N–H and O–H groups in total. The number of aromatic nitrogens is 2. The molecule has 1 unspecified atom stereocenters. The van der Waals surface area contributed by atoms with E-state index < -0.39 is 5.97 Å². The number of carboxylic acid groups (broad SMARTS) is 1. The van der Waals surface area contributed by atoms with Crippen LogP contribution in [0.25, 0.3) is 0 Å². The molecule has 1 amide bonds. The van der Waals surface area contributed by atoms with Crippen molar-refractivity contribution in [2.24, 2.45) is 5.92 Å². The highest BCUT2D eigenvalue weighted by atomic mass is 32.1. The first-order chi connectivity index (χ1) is 9.04. The minimum absolute atomic E-state index is 0.125. The van der Waals surface area contributed by atoms with Gasteiger partial charge in [0.15, 0.2) is 0 Å². The minimum atomic E-state index is -0.810. The number of hydrogen-bond acceptors (Lipinski definition) is 5. The van der Waals surface area contributed by atoms with Crippen LogP contribution < -0.4 is 5.32 Å². The van der Waals surface area contributed by atoms with Crippen molar-refractivity contribution in [2.75, 3.05) is 6.54 Å². The summed E-state index contributed by atoms with van der Waals surface area (Å²) in [6.45, 7) is 4.41. The molecule has 0 fully saturated rings. The highest BCUT2D eigenvalue weighted by Crippen LogP contribution is 2.12. The van der Waals surface area contributed by atoms with Crippen LogP contribution in [0, 0.1) is 5.92 Å². The predicted molar refractivity (Wildman–Crippen MR) is 72.3 cm³/mol. The molecule has 0 aliphatic rings. The summed E-state index contributed by atoms with van der Waals surface area (Å²) in [5.74, 6) is -0.841. The van der Waals surface area contributed by atoms with Crippen LogP contribution in [0.1, 0.15) is 48.5 Å². The van der Waals surface area contributed by atoms with Crippen LogP contribution in [-0.2, 0) is 11.2 Å². The first kappa shape index (κ1) is 15.6. The van der Waals surface area contributed by atoms with Crippen molar-refractivity contribution in [3.63, 3.8) is 0 Å². The third-order valence-electron chi connectivity index (χ3n) is 2.71. The van der Waals surface area contributed by atoms with Gasteiger partial charge in [0.05, 0.1) is 5.69 Å². The molecule has 1 aromatic heterocycles. The standard InChI is InChI=1S/C12H19N3O3S/c1-3-4-9-11(19-15-14-9)12(18)13-7-8(2)5-6-10(16)17/h8H,3-7H2,1-2H3,(H,13,18)(H,16,17). The van der Waals surface area contributed by atoms with Gasteiger partial charge < -0.3 is 10.4 Å². The molecule has 19 heavy (non-hydrogen) atoms. The summed E-state index contributed by atoms with van der Waals surface area (Å²) in [5.41, 5.74) is 0.739. The zero-order valence-electron chi connectivity index (χ0n) is 11.2. The number of nitrogens with one attached hydrogen (secondary N) is 1. The van der Waals surface area contributed by atoms with E-state index in [1.54, 1.807) is 0 Å². The first-order valence-electron chi connectivity index (χ1n) is 6.35. The van der Waals surface area contributed by atoms with Gasteiger partial charge in [0, 0.05) is 13.0 Å². The summed E-state index contributed by atoms with van der Waals surface area (Å²) in [4.78, 5) is 23.0. The number of nitrogens with zero attached hydrogens (tertiary/aromatic N) is 2. The van der Waals surface area contributed by atoms with Gasteiger partial charge in [-0.1, -0.05) is 24.8 Å². The average Bonchev–Trinajstić information content (AvgIpc) is 2.82. The Balaban J connectivity index is 2.42. The second-order valence-corrected chi connectivity index (χ2v) is 5.30. The van der Waals surface area contributed by atoms with E-state index in [4.69, 9.17) is 5.11 Å². The van der Waals surface area contributed by atoms with Gasteiger partial charge in [-0.05, 0) is 30.3 Å². The Morgan fingerprint density at radius 1 is 1.47 bits per heavy atom. The normalized spacial score (nSPS) is 12.1. The van der Waals surface area contributed by atoms with Crippen LogP contribution in [0.2, 0.25) is 0 Å². The number of aryl methyl sites for hydroxylation is 1. The summed E-state index contributed by atoms with van der Waals surface area (Å²) in [5, 5.41) is 15.3. The fraction of sp³-hybridized carbons (Fsp3) is 0.667. The van der Waals surface area contributed by atoms with Gasteiger partial charge in [-0.15, -0.1) is 5.10 Å². The van der Waals surface area contributed by atoms with Crippen molar-refractivity contribution in [2.45, 2.75) is 39.5 Å². The maximum atomic E-state index is 11.9. The molecule has 0 spiro atoms. The Bertz CT molecular complexity index is 434. The minimum Gasteiger partial charge on any atom is -0.481 e. The molecule has 1 atom stereocenters. The van der Waals surface area contributed by atoms with E-state index in [9.17, 15) is 9.59 Å². The Hall–Kier alpha value is -1.50. The summed E-state index contributed by atoms with van der Waals surface area (Å²) >= 11 is 1.10. The SMILES string of the molecule is CCCc1nnsc1C(=O)NCC(C)CCC(=O)O. The number of rotatable bonds is 8. The van der Waals surface area contributed by atoms with E-state index in [1.807, 2.05) is 13.8 Å². The molecule has 0 radical (unpaired) electrons. The summed E-state index contributed by atoms with van der Waals surface area (Å²) < 4.78 is 3.80. The fourth-order valence-electron chi connectivity index (χ4n) is 1.60. The number of amides is 1. The molecule has 106 valence electrons. The van der Waals surface area contributed by atoms with E-state index in [0.717, 1.165) is 30.1 Å². The molecule has 6 nitrogen and oxygen atoms in total. The summed E-state index contributed by atoms with van der Waals surface area (Å²) in [6, 6.07) is 0. The van der Waals surface area contributed by atoms with Gasteiger partial charge in [0.1, 0.15) is 4.88 Å². The maximum absolute atomic E-state index is 11.9. The molecule has 0 saturated carbocycles. The van der Waals surface area contributed by atoms with Gasteiger partial charge in [0.2, 0.25) is 0 Å². The lowest BCUT2D eigenvalue weighted by molar-refractivity contribution is -0.137. The summed E-state index contributed by atoms with van der Waals surface area (Å²) in [7, 11) is 0. The van der Waals surface area contributed by atoms with Crippen LogP contribution in [0.4, 0.5) is 0 Å². The van der Waals surface area contributed by atoms with Crippen LogP contribution in [0.15, 0.2) is 0 Å². The van der Waals surface area contributed by atoms with Gasteiger partial charge in [-0.2, -0.15) is 0 Å². The van der Waals surface area contributed by atoms with Gasteiger partial charge >= 0.3 is 5.97 Å². The molecule has 0 aromatic carbocycles. The van der Waals surface area contributed by atoms with Crippen LogP contribution in [-0.4, -0.2) is 33.1 Å². The lowest BCUT2D eigenvalue weighted by Crippen LogP contribution is -2.28. The number of carbonyl (C=O) groups is 2. The Morgan fingerprint density at radius 3 is 2.84 bits per heavy atom. The van der Waals surface area contributed by atoms with E-state index >= 15 is 0 Å². The lowest BCUT2D eigenvalue weighted by Gasteiger charge is -2.10. The van der Waals surface area contributed by atoms with Crippen molar-refractivity contribution in [3.05, 3.63) is 10.6 Å². The van der Waals surface area contributed by atoms with E-state index in [0.29, 0.717) is 17.8 Å². The van der Waals surface area contributed by atoms with Crippen LogP contribution in [0.5, 0.6) is 0 Å². The van der Waals surface area contributed by atoms with Gasteiger partial charge in [-0.25, -0.2) is 0 Å². The second-order valence-electron chi connectivity index (χ2n) is 4.55. The lowest BCUT2D eigenvalue weighted by atomic mass is 10.1. The van der Waals surface area contributed by atoms with E-state index in [1.165, 1.54) is 0 Å². The zero-order valence-corrected chi connectivity index (χ0v) is 12.0.